The number of alkyl halides is 3. The molecule has 1 aromatic carbocycles. The van der Waals surface area contributed by atoms with Crippen molar-refractivity contribution in [1.82, 2.24) is 0 Å². The first-order valence-corrected chi connectivity index (χ1v) is 6.15. The summed E-state index contributed by atoms with van der Waals surface area (Å²) in [6.45, 7) is 1.83. The zero-order valence-electron chi connectivity index (χ0n) is 11.7. The molecule has 0 heterocycles. The second-order valence-electron chi connectivity index (χ2n) is 4.33. The second-order valence-corrected chi connectivity index (χ2v) is 4.33. The van der Waals surface area contributed by atoms with E-state index in [4.69, 9.17) is 15.2 Å². The Hall–Kier alpha value is -1.80. The lowest BCUT2D eigenvalue weighted by Gasteiger charge is -2.16. The maximum atomic E-state index is 12.7. The number of amides is 1. The molecule has 0 radical (unpaired) electrons. The number of ether oxygens (including phenoxy) is 2. The van der Waals surface area contributed by atoms with Crippen LogP contribution in [0.25, 0.3) is 0 Å². The molecule has 5 nitrogen and oxygen atoms in total. The van der Waals surface area contributed by atoms with Crippen LogP contribution in [0.3, 0.4) is 0 Å². The van der Waals surface area contributed by atoms with Crippen molar-refractivity contribution in [3.63, 3.8) is 0 Å². The van der Waals surface area contributed by atoms with Gasteiger partial charge in [-0.3, -0.25) is 4.79 Å². The maximum absolute atomic E-state index is 12.7. The highest BCUT2D eigenvalue weighted by Crippen LogP contribution is 2.35. The quantitative estimate of drug-likeness (QED) is 0.789. The Balaban J connectivity index is 3.03. The third-order valence-corrected chi connectivity index (χ3v) is 2.52. The first kappa shape index (κ1) is 17.3. The molecule has 118 valence electrons. The van der Waals surface area contributed by atoms with Gasteiger partial charge in [-0.2, -0.15) is 13.2 Å². The third-order valence-electron chi connectivity index (χ3n) is 2.52. The van der Waals surface area contributed by atoms with Gasteiger partial charge >= 0.3 is 6.18 Å². The Bertz CT molecular complexity index is 490. The van der Waals surface area contributed by atoms with Crippen molar-refractivity contribution >= 4 is 11.6 Å². The average molecular weight is 306 g/mol. The van der Waals surface area contributed by atoms with E-state index < -0.39 is 23.7 Å². The number of carbonyl (C=O) groups excluding carboxylic acids is 1. The van der Waals surface area contributed by atoms with Crippen LogP contribution < -0.4 is 15.8 Å². The predicted octanol–water partition coefficient (Wildman–Crippen LogP) is 2.02. The zero-order chi connectivity index (χ0) is 16.0. The summed E-state index contributed by atoms with van der Waals surface area (Å²) in [5.41, 5.74) is 4.42. The normalized spacial score (nSPS) is 12.9. The van der Waals surface area contributed by atoms with Crippen LogP contribution in [0.15, 0.2) is 18.2 Å². The van der Waals surface area contributed by atoms with Gasteiger partial charge in [0.15, 0.2) is 0 Å². The number of benzene rings is 1. The van der Waals surface area contributed by atoms with Gasteiger partial charge in [0.05, 0.1) is 23.9 Å². The fourth-order valence-electron chi connectivity index (χ4n) is 1.41. The molecule has 1 atom stereocenters. The van der Waals surface area contributed by atoms with Crippen LogP contribution in [0.1, 0.15) is 12.5 Å². The topological polar surface area (TPSA) is 73.6 Å². The number of nitrogens with one attached hydrogen (secondary N) is 1. The van der Waals surface area contributed by atoms with Gasteiger partial charge in [0.2, 0.25) is 5.91 Å². The van der Waals surface area contributed by atoms with Crippen molar-refractivity contribution in [3.05, 3.63) is 23.8 Å². The van der Waals surface area contributed by atoms with Crippen LogP contribution in [0, 0.1) is 0 Å². The summed E-state index contributed by atoms with van der Waals surface area (Å²) in [6.07, 6.45) is -4.52. The van der Waals surface area contributed by atoms with Gasteiger partial charge in [0, 0.05) is 7.11 Å². The van der Waals surface area contributed by atoms with Gasteiger partial charge in [-0.15, -0.1) is 0 Å². The molecule has 0 aliphatic carbocycles. The molecule has 1 amide bonds. The molecule has 0 saturated heterocycles. The number of halogens is 3. The SMILES string of the molecule is COCCOc1ccc(C(F)(F)F)cc1NC(=O)[C@H](C)N. The first-order valence-electron chi connectivity index (χ1n) is 6.15. The van der Waals surface area contributed by atoms with E-state index in [9.17, 15) is 18.0 Å². The predicted molar refractivity (Wildman–Crippen MR) is 71.1 cm³/mol. The lowest BCUT2D eigenvalue weighted by molar-refractivity contribution is -0.137. The van der Waals surface area contributed by atoms with Crippen LogP contribution >= 0.6 is 0 Å². The highest BCUT2D eigenvalue weighted by molar-refractivity contribution is 5.95. The average Bonchev–Trinajstić information content (AvgIpc) is 2.39. The van der Waals surface area contributed by atoms with E-state index >= 15 is 0 Å². The molecule has 1 aromatic rings. The molecule has 0 fully saturated rings. The minimum absolute atomic E-state index is 0.0803. The lowest BCUT2D eigenvalue weighted by atomic mass is 10.1. The van der Waals surface area contributed by atoms with E-state index in [0.29, 0.717) is 0 Å². The molecule has 3 N–H and O–H groups in total. The van der Waals surface area contributed by atoms with Gasteiger partial charge in [-0.05, 0) is 25.1 Å². The minimum atomic E-state index is -4.52. The molecule has 0 aliphatic rings. The van der Waals surface area contributed by atoms with E-state index in [1.807, 2.05) is 0 Å². The summed E-state index contributed by atoms with van der Waals surface area (Å²) >= 11 is 0. The second kappa shape index (κ2) is 7.28. The van der Waals surface area contributed by atoms with Crippen LogP contribution in [-0.4, -0.2) is 32.3 Å². The van der Waals surface area contributed by atoms with Crippen molar-refractivity contribution in [2.45, 2.75) is 19.1 Å². The van der Waals surface area contributed by atoms with Crippen LogP contribution in [0.4, 0.5) is 18.9 Å². The summed E-state index contributed by atoms with van der Waals surface area (Å²) < 4.78 is 48.2. The van der Waals surface area contributed by atoms with E-state index in [0.717, 1.165) is 18.2 Å². The number of rotatable bonds is 6. The molecule has 8 heteroatoms. The summed E-state index contributed by atoms with van der Waals surface area (Å²) in [6, 6.07) is 1.98. The van der Waals surface area contributed by atoms with E-state index in [1.54, 1.807) is 0 Å². The number of anilines is 1. The van der Waals surface area contributed by atoms with E-state index in [2.05, 4.69) is 5.32 Å². The lowest BCUT2D eigenvalue weighted by Crippen LogP contribution is -2.32. The highest BCUT2D eigenvalue weighted by Gasteiger charge is 2.31. The molecular weight excluding hydrogens is 289 g/mol. The highest BCUT2D eigenvalue weighted by atomic mass is 19.4. The zero-order valence-corrected chi connectivity index (χ0v) is 11.7. The van der Waals surface area contributed by atoms with E-state index in [-0.39, 0.29) is 24.7 Å². The summed E-state index contributed by atoms with van der Waals surface area (Å²) in [4.78, 5) is 11.6. The summed E-state index contributed by atoms with van der Waals surface area (Å²) in [7, 11) is 1.47. The molecule has 0 saturated carbocycles. The Kier molecular flexibility index (Phi) is 5.98. The van der Waals surface area contributed by atoms with Crippen molar-refractivity contribution in [2.75, 3.05) is 25.6 Å². The monoisotopic (exact) mass is 306 g/mol. The van der Waals surface area contributed by atoms with Crippen LogP contribution in [0.2, 0.25) is 0 Å². The minimum Gasteiger partial charge on any atom is -0.489 e. The molecule has 0 spiro atoms. The third kappa shape index (κ3) is 5.24. The van der Waals surface area contributed by atoms with Gasteiger partial charge in [-0.25, -0.2) is 0 Å². The first-order chi connectivity index (χ1) is 9.75. The number of carbonyl (C=O) groups is 1. The van der Waals surface area contributed by atoms with Crippen LogP contribution in [0.5, 0.6) is 5.75 Å². The van der Waals surface area contributed by atoms with Crippen molar-refractivity contribution < 1.29 is 27.4 Å². The summed E-state index contributed by atoms with van der Waals surface area (Å²) in [5, 5.41) is 2.32. The Labute approximate surface area is 120 Å². The van der Waals surface area contributed by atoms with Gasteiger partial charge in [-0.1, -0.05) is 0 Å². The molecule has 0 aliphatic heterocycles. The molecule has 0 unspecified atom stereocenters. The Morgan fingerprint density at radius 2 is 2.05 bits per heavy atom. The standard InChI is InChI=1S/C13H17F3N2O3/c1-8(17)12(19)18-10-7-9(13(14,15)16)3-4-11(10)21-6-5-20-2/h3-4,7-8H,5-6,17H2,1-2H3,(H,18,19)/t8-/m0/s1. The molecule has 0 aromatic heterocycles. The molecule has 1 rings (SSSR count). The maximum Gasteiger partial charge on any atom is 0.416 e. The molecular formula is C13H17F3N2O3. The number of nitrogens with two attached hydrogens (primary N) is 1. The fraction of sp³-hybridized carbons (Fsp3) is 0.462. The van der Waals surface area contributed by atoms with Crippen molar-refractivity contribution in [3.8, 4) is 5.75 Å². The number of hydrogen-bond donors (Lipinski definition) is 2. The molecule has 0 bridgehead atoms. The Morgan fingerprint density at radius 3 is 2.57 bits per heavy atom. The van der Waals surface area contributed by atoms with Gasteiger partial charge < -0.3 is 20.5 Å². The number of hydrogen-bond acceptors (Lipinski definition) is 4. The van der Waals surface area contributed by atoms with Crippen molar-refractivity contribution in [2.24, 2.45) is 5.73 Å². The Morgan fingerprint density at radius 1 is 1.38 bits per heavy atom. The van der Waals surface area contributed by atoms with Gasteiger partial charge in [0.1, 0.15) is 12.4 Å². The van der Waals surface area contributed by atoms with Gasteiger partial charge in [0.25, 0.3) is 0 Å². The fourth-order valence-corrected chi connectivity index (χ4v) is 1.41. The van der Waals surface area contributed by atoms with E-state index in [1.165, 1.54) is 14.0 Å². The number of methoxy groups -OCH3 is 1. The van der Waals surface area contributed by atoms with Crippen LogP contribution in [-0.2, 0) is 15.7 Å². The summed E-state index contributed by atoms with van der Waals surface area (Å²) in [5.74, 6) is -0.486. The smallest absolute Gasteiger partial charge is 0.416 e. The largest absolute Gasteiger partial charge is 0.489 e. The van der Waals surface area contributed by atoms with Crippen molar-refractivity contribution in [1.29, 1.82) is 0 Å². The molecule has 21 heavy (non-hydrogen) atoms.